The second-order valence-electron chi connectivity index (χ2n) is 5.70. The summed E-state index contributed by atoms with van der Waals surface area (Å²) in [6.45, 7) is -1.29. The van der Waals surface area contributed by atoms with Crippen LogP contribution in [-0.4, -0.2) is 34.1 Å². The van der Waals surface area contributed by atoms with E-state index in [-0.39, 0.29) is 27.8 Å². The van der Waals surface area contributed by atoms with E-state index in [1.807, 2.05) is 0 Å². The Morgan fingerprint density at radius 1 is 1.23 bits per heavy atom. The molecular weight excluding hydrogens is 457 g/mol. The van der Waals surface area contributed by atoms with Crippen LogP contribution in [0.4, 0.5) is 22.0 Å². The highest BCUT2D eigenvalue weighted by Gasteiger charge is 2.38. The first-order chi connectivity index (χ1) is 14.1. The molecule has 0 spiro atoms. The van der Waals surface area contributed by atoms with E-state index in [1.54, 1.807) is 12.1 Å². The second kappa shape index (κ2) is 9.06. The SMILES string of the molecule is O=C(c1ccccc1Cl)N(Cc1ccc(-c2noc(C(F)(F)F)n2)s1)OCC(F)F. The first-order valence-corrected chi connectivity index (χ1v) is 9.32. The van der Waals surface area contributed by atoms with Crippen LogP contribution in [0.1, 0.15) is 21.1 Å². The molecule has 0 bridgehead atoms. The number of hydrogen-bond acceptors (Lipinski definition) is 6. The lowest BCUT2D eigenvalue weighted by molar-refractivity contribution is -0.159. The van der Waals surface area contributed by atoms with Crippen LogP contribution in [0.5, 0.6) is 0 Å². The standard InChI is InChI=1S/C17H11ClF5N3O3S/c18-11-4-2-1-3-10(11)15(27)26(28-8-13(19)20)7-9-5-6-12(30-9)14-24-16(29-25-14)17(21,22)23/h1-6,13H,7-8H2. The van der Waals surface area contributed by atoms with Gasteiger partial charge in [-0.3, -0.25) is 9.63 Å². The Hall–Kier alpha value is -2.57. The van der Waals surface area contributed by atoms with Crippen molar-refractivity contribution in [3.63, 3.8) is 0 Å². The number of rotatable bonds is 7. The van der Waals surface area contributed by atoms with Crippen molar-refractivity contribution < 1.29 is 36.1 Å². The monoisotopic (exact) mass is 467 g/mol. The van der Waals surface area contributed by atoms with Gasteiger partial charge in [-0.1, -0.05) is 28.9 Å². The molecule has 30 heavy (non-hydrogen) atoms. The highest BCUT2D eigenvalue weighted by atomic mass is 35.5. The second-order valence-corrected chi connectivity index (χ2v) is 7.27. The molecule has 2 heterocycles. The third kappa shape index (κ3) is 5.32. The molecule has 2 aromatic heterocycles. The number of halogens is 6. The van der Waals surface area contributed by atoms with Gasteiger partial charge in [-0.05, 0) is 24.3 Å². The van der Waals surface area contributed by atoms with Gasteiger partial charge in [-0.15, -0.1) is 11.3 Å². The number of hydrogen-bond donors (Lipinski definition) is 0. The van der Waals surface area contributed by atoms with Crippen molar-refractivity contribution in [1.29, 1.82) is 0 Å². The number of benzene rings is 1. The number of nitrogens with zero attached hydrogens (tertiary/aromatic N) is 3. The molecular formula is C17H11ClF5N3O3S. The van der Waals surface area contributed by atoms with Crippen molar-refractivity contribution in [2.45, 2.75) is 19.1 Å². The molecule has 0 aliphatic rings. The molecule has 0 saturated heterocycles. The maximum atomic E-state index is 12.7. The highest BCUT2D eigenvalue weighted by molar-refractivity contribution is 7.15. The largest absolute Gasteiger partial charge is 0.471 e. The van der Waals surface area contributed by atoms with Crippen molar-refractivity contribution >= 4 is 28.8 Å². The number of carbonyl (C=O) groups excluding carboxylic acids is 1. The zero-order valence-corrected chi connectivity index (χ0v) is 16.3. The van der Waals surface area contributed by atoms with Crippen molar-refractivity contribution in [2.24, 2.45) is 0 Å². The van der Waals surface area contributed by atoms with Crippen LogP contribution in [0, 0.1) is 0 Å². The predicted molar refractivity (Wildman–Crippen MR) is 95.9 cm³/mol. The first-order valence-electron chi connectivity index (χ1n) is 8.12. The topological polar surface area (TPSA) is 68.5 Å². The highest BCUT2D eigenvalue weighted by Crippen LogP contribution is 2.32. The van der Waals surface area contributed by atoms with Gasteiger partial charge in [0.2, 0.25) is 5.82 Å². The van der Waals surface area contributed by atoms with Crippen molar-refractivity contribution in [2.75, 3.05) is 6.61 Å². The smallest absolute Gasteiger partial charge is 0.329 e. The Labute approximate surface area is 174 Å². The summed E-state index contributed by atoms with van der Waals surface area (Å²) in [5.41, 5.74) is 0.0400. The number of carbonyl (C=O) groups is 1. The van der Waals surface area contributed by atoms with E-state index in [0.29, 0.717) is 9.94 Å². The molecule has 0 aliphatic heterocycles. The molecule has 3 rings (SSSR count). The minimum atomic E-state index is -4.79. The van der Waals surface area contributed by atoms with Gasteiger partial charge in [0.15, 0.2) is 0 Å². The first kappa shape index (κ1) is 22.1. The molecule has 160 valence electrons. The molecule has 0 radical (unpaired) electrons. The van der Waals surface area contributed by atoms with Gasteiger partial charge in [0.05, 0.1) is 22.0 Å². The van der Waals surface area contributed by atoms with E-state index in [2.05, 4.69) is 14.7 Å². The molecule has 0 saturated carbocycles. The van der Waals surface area contributed by atoms with Gasteiger partial charge >= 0.3 is 12.1 Å². The molecule has 0 N–H and O–H groups in total. The zero-order chi connectivity index (χ0) is 21.9. The molecule has 0 atom stereocenters. The van der Waals surface area contributed by atoms with Crippen LogP contribution in [0.25, 0.3) is 10.7 Å². The van der Waals surface area contributed by atoms with Gasteiger partial charge < -0.3 is 4.52 Å². The molecule has 0 unspecified atom stereocenters. The molecule has 0 aliphatic carbocycles. The van der Waals surface area contributed by atoms with Gasteiger partial charge in [0.1, 0.15) is 6.61 Å². The van der Waals surface area contributed by atoms with Crippen LogP contribution in [0.15, 0.2) is 40.9 Å². The number of aromatic nitrogens is 2. The number of alkyl halides is 5. The summed E-state index contributed by atoms with van der Waals surface area (Å²) >= 11 is 6.93. The lowest BCUT2D eigenvalue weighted by Crippen LogP contribution is -2.32. The maximum Gasteiger partial charge on any atom is 0.471 e. The number of amides is 1. The average Bonchev–Trinajstić information content (AvgIpc) is 3.34. The summed E-state index contributed by atoms with van der Waals surface area (Å²) in [6.07, 6.45) is -7.61. The molecule has 1 amide bonds. The van der Waals surface area contributed by atoms with Crippen LogP contribution in [-0.2, 0) is 17.6 Å². The molecule has 3 aromatic rings. The maximum absolute atomic E-state index is 12.7. The number of hydroxylamine groups is 2. The van der Waals surface area contributed by atoms with Crippen molar-refractivity contribution in [3.05, 3.63) is 57.8 Å². The Bertz CT molecular complexity index is 1020. The quantitative estimate of drug-likeness (QED) is 0.348. The summed E-state index contributed by atoms with van der Waals surface area (Å²) < 4.78 is 67.2. The number of thiophene rings is 1. The Morgan fingerprint density at radius 2 is 1.97 bits per heavy atom. The minimum absolute atomic E-state index is 0.0400. The van der Waals surface area contributed by atoms with Gasteiger partial charge in [0, 0.05) is 4.88 Å². The normalized spacial score (nSPS) is 11.8. The van der Waals surface area contributed by atoms with E-state index in [9.17, 15) is 26.7 Å². The zero-order valence-electron chi connectivity index (χ0n) is 14.7. The molecule has 6 nitrogen and oxygen atoms in total. The van der Waals surface area contributed by atoms with Crippen LogP contribution >= 0.6 is 22.9 Å². The van der Waals surface area contributed by atoms with E-state index < -0.39 is 31.0 Å². The summed E-state index contributed by atoms with van der Waals surface area (Å²) in [4.78, 5) is 21.5. The third-order valence-electron chi connectivity index (χ3n) is 3.54. The van der Waals surface area contributed by atoms with Crippen LogP contribution in [0.3, 0.4) is 0 Å². The molecule has 0 fully saturated rings. The summed E-state index contributed by atoms with van der Waals surface area (Å²) in [7, 11) is 0. The average molecular weight is 468 g/mol. The fraction of sp³-hybridized carbons (Fsp3) is 0.235. The summed E-state index contributed by atoms with van der Waals surface area (Å²) in [5, 5.41) is 4.09. The molecule has 13 heteroatoms. The summed E-state index contributed by atoms with van der Waals surface area (Å²) in [6, 6.07) is 8.88. The molecule has 1 aromatic carbocycles. The Morgan fingerprint density at radius 3 is 2.60 bits per heavy atom. The van der Waals surface area contributed by atoms with Gasteiger partial charge in [-0.2, -0.15) is 18.2 Å². The van der Waals surface area contributed by atoms with Crippen LogP contribution in [0.2, 0.25) is 5.02 Å². The van der Waals surface area contributed by atoms with Gasteiger partial charge in [-0.25, -0.2) is 13.8 Å². The third-order valence-corrected chi connectivity index (χ3v) is 4.93. The van der Waals surface area contributed by atoms with E-state index in [1.165, 1.54) is 24.3 Å². The van der Waals surface area contributed by atoms with Gasteiger partial charge in [0.25, 0.3) is 12.3 Å². The Balaban J connectivity index is 1.80. The lowest BCUT2D eigenvalue weighted by atomic mass is 10.2. The fourth-order valence-corrected chi connectivity index (χ4v) is 3.38. The van der Waals surface area contributed by atoms with E-state index >= 15 is 0 Å². The van der Waals surface area contributed by atoms with E-state index in [0.717, 1.165) is 11.3 Å². The lowest BCUT2D eigenvalue weighted by Gasteiger charge is -2.21. The van der Waals surface area contributed by atoms with Crippen molar-refractivity contribution in [3.8, 4) is 10.7 Å². The van der Waals surface area contributed by atoms with Crippen molar-refractivity contribution in [1.82, 2.24) is 15.2 Å². The van der Waals surface area contributed by atoms with E-state index in [4.69, 9.17) is 16.4 Å². The summed E-state index contributed by atoms with van der Waals surface area (Å²) in [5.74, 6) is -2.55. The predicted octanol–water partition coefficient (Wildman–Crippen LogP) is 5.31. The Kier molecular flexibility index (Phi) is 6.68. The fourth-order valence-electron chi connectivity index (χ4n) is 2.25. The minimum Gasteiger partial charge on any atom is -0.329 e. The van der Waals surface area contributed by atoms with Crippen LogP contribution < -0.4 is 0 Å².